The SMILES string of the molecule is C=c1[nH]cc(C2(C(C)=CCC)CC2)c1=C. The molecule has 1 saturated carbocycles. The van der Waals surface area contributed by atoms with Crippen molar-refractivity contribution in [2.24, 2.45) is 0 Å². The summed E-state index contributed by atoms with van der Waals surface area (Å²) in [6.45, 7) is 12.5. The first-order chi connectivity index (χ1) is 7.12. The Balaban J connectivity index is 2.48. The van der Waals surface area contributed by atoms with Gasteiger partial charge in [-0.15, -0.1) is 0 Å². The van der Waals surface area contributed by atoms with Crippen molar-refractivity contribution in [1.82, 2.24) is 4.98 Å². The fourth-order valence-corrected chi connectivity index (χ4v) is 2.43. The lowest BCUT2D eigenvalue weighted by atomic mass is 9.89. The van der Waals surface area contributed by atoms with E-state index in [0.29, 0.717) is 5.41 Å². The molecule has 1 N–H and O–H groups in total. The van der Waals surface area contributed by atoms with Crippen LogP contribution in [0.5, 0.6) is 0 Å². The number of rotatable bonds is 3. The summed E-state index contributed by atoms with van der Waals surface area (Å²) in [5.41, 5.74) is 3.14. The number of allylic oxidation sites excluding steroid dienone is 2. The van der Waals surface area contributed by atoms with Gasteiger partial charge in [0.05, 0.1) is 0 Å². The van der Waals surface area contributed by atoms with Crippen molar-refractivity contribution in [1.29, 1.82) is 0 Å². The van der Waals surface area contributed by atoms with Crippen molar-refractivity contribution in [2.45, 2.75) is 38.5 Å². The van der Waals surface area contributed by atoms with Gasteiger partial charge in [-0.05, 0) is 37.0 Å². The van der Waals surface area contributed by atoms with Crippen LogP contribution in [0.15, 0.2) is 17.8 Å². The van der Waals surface area contributed by atoms with E-state index in [9.17, 15) is 0 Å². The molecule has 1 heterocycles. The summed E-state index contributed by atoms with van der Waals surface area (Å²) >= 11 is 0. The molecule has 0 atom stereocenters. The molecule has 0 saturated heterocycles. The van der Waals surface area contributed by atoms with Gasteiger partial charge in [0.25, 0.3) is 0 Å². The van der Waals surface area contributed by atoms with Crippen LogP contribution in [0, 0.1) is 0 Å². The van der Waals surface area contributed by atoms with Crippen LogP contribution in [0.3, 0.4) is 0 Å². The third kappa shape index (κ3) is 1.46. The molecule has 15 heavy (non-hydrogen) atoms. The van der Waals surface area contributed by atoms with Gasteiger partial charge in [0.2, 0.25) is 0 Å². The van der Waals surface area contributed by atoms with Crippen molar-refractivity contribution < 1.29 is 0 Å². The third-order valence-corrected chi connectivity index (χ3v) is 3.61. The molecule has 2 rings (SSSR count). The standard InChI is InChI=1S/C14H19N/c1-5-6-10(2)14(7-8-14)13-9-15-12(4)11(13)3/h6,9,15H,3-5,7-8H2,1-2H3. The van der Waals surface area contributed by atoms with Crippen LogP contribution in [0.1, 0.15) is 38.7 Å². The van der Waals surface area contributed by atoms with E-state index < -0.39 is 0 Å². The molecule has 1 nitrogen and oxygen atoms in total. The van der Waals surface area contributed by atoms with Crippen molar-refractivity contribution in [3.8, 4) is 0 Å². The fourth-order valence-electron chi connectivity index (χ4n) is 2.43. The van der Waals surface area contributed by atoms with E-state index in [2.05, 4.69) is 44.3 Å². The quantitative estimate of drug-likeness (QED) is 0.722. The molecule has 1 aliphatic carbocycles. The Morgan fingerprint density at radius 1 is 1.53 bits per heavy atom. The highest BCUT2D eigenvalue weighted by Crippen LogP contribution is 2.52. The highest BCUT2D eigenvalue weighted by molar-refractivity contribution is 5.42. The van der Waals surface area contributed by atoms with Gasteiger partial charge in [0, 0.05) is 17.0 Å². The number of hydrogen-bond acceptors (Lipinski definition) is 0. The number of H-pyrrole nitrogens is 1. The summed E-state index contributed by atoms with van der Waals surface area (Å²) in [5, 5.41) is 2.05. The summed E-state index contributed by atoms with van der Waals surface area (Å²) in [6, 6.07) is 0. The van der Waals surface area contributed by atoms with E-state index >= 15 is 0 Å². The number of hydrogen-bond donors (Lipinski definition) is 1. The topological polar surface area (TPSA) is 15.8 Å². The predicted molar refractivity (Wildman–Crippen MR) is 66.0 cm³/mol. The molecule has 80 valence electrons. The second-order valence-corrected chi connectivity index (χ2v) is 4.54. The van der Waals surface area contributed by atoms with E-state index in [0.717, 1.165) is 17.0 Å². The van der Waals surface area contributed by atoms with Gasteiger partial charge in [-0.2, -0.15) is 0 Å². The Morgan fingerprint density at radius 3 is 2.60 bits per heavy atom. The predicted octanol–water partition coefficient (Wildman–Crippen LogP) is 2.22. The van der Waals surface area contributed by atoms with Crippen LogP contribution in [0.2, 0.25) is 0 Å². The van der Waals surface area contributed by atoms with Gasteiger partial charge in [-0.3, -0.25) is 0 Å². The lowest BCUT2D eigenvalue weighted by molar-refractivity contribution is 0.808. The van der Waals surface area contributed by atoms with E-state index in [-0.39, 0.29) is 0 Å². The minimum absolute atomic E-state index is 0.291. The van der Waals surface area contributed by atoms with Gasteiger partial charge < -0.3 is 4.98 Å². The Bertz CT molecular complexity index is 486. The molecule has 0 unspecified atom stereocenters. The minimum Gasteiger partial charge on any atom is -0.361 e. The first kappa shape index (κ1) is 10.3. The Kier molecular flexibility index (Phi) is 2.34. The smallest absolute Gasteiger partial charge is 0.0378 e. The molecule has 0 aliphatic heterocycles. The average molecular weight is 201 g/mol. The highest BCUT2D eigenvalue weighted by Gasteiger charge is 2.46. The van der Waals surface area contributed by atoms with Crippen LogP contribution in [-0.4, -0.2) is 4.98 Å². The van der Waals surface area contributed by atoms with Gasteiger partial charge in [0.15, 0.2) is 0 Å². The molecule has 1 fully saturated rings. The molecule has 0 radical (unpaired) electrons. The summed E-state index contributed by atoms with van der Waals surface area (Å²) in [4.78, 5) is 3.18. The largest absolute Gasteiger partial charge is 0.361 e. The Morgan fingerprint density at radius 2 is 2.20 bits per heavy atom. The third-order valence-electron chi connectivity index (χ3n) is 3.61. The molecule has 0 aromatic carbocycles. The fraction of sp³-hybridized carbons (Fsp3) is 0.429. The zero-order valence-corrected chi connectivity index (χ0v) is 9.69. The second kappa shape index (κ2) is 3.41. The van der Waals surface area contributed by atoms with Crippen molar-refractivity contribution >= 4 is 13.2 Å². The Hall–Kier alpha value is -1.24. The maximum absolute atomic E-state index is 4.11. The molecule has 1 heteroatoms. The number of aromatic amines is 1. The molecule has 1 aliphatic rings. The van der Waals surface area contributed by atoms with Gasteiger partial charge in [0.1, 0.15) is 0 Å². The maximum Gasteiger partial charge on any atom is 0.0378 e. The summed E-state index contributed by atoms with van der Waals surface area (Å²) in [7, 11) is 0. The lowest BCUT2D eigenvalue weighted by Gasteiger charge is -2.14. The van der Waals surface area contributed by atoms with Crippen LogP contribution in [0.4, 0.5) is 0 Å². The average Bonchev–Trinajstić information content (AvgIpc) is 2.93. The van der Waals surface area contributed by atoms with Crippen LogP contribution in [-0.2, 0) is 5.41 Å². The summed E-state index contributed by atoms with van der Waals surface area (Å²) < 4.78 is 0. The lowest BCUT2D eigenvalue weighted by Crippen LogP contribution is -2.26. The van der Waals surface area contributed by atoms with Crippen molar-refractivity contribution in [3.05, 3.63) is 34.0 Å². The summed E-state index contributed by atoms with van der Waals surface area (Å²) in [5.74, 6) is 0. The molecular weight excluding hydrogens is 182 g/mol. The number of aromatic nitrogens is 1. The Labute approximate surface area is 91.2 Å². The first-order valence-electron chi connectivity index (χ1n) is 5.65. The van der Waals surface area contributed by atoms with Crippen LogP contribution in [0.25, 0.3) is 13.2 Å². The summed E-state index contributed by atoms with van der Waals surface area (Å²) in [6.07, 6.45) is 8.05. The molecule has 1 aromatic heterocycles. The van der Waals surface area contributed by atoms with Gasteiger partial charge >= 0.3 is 0 Å². The van der Waals surface area contributed by atoms with Crippen molar-refractivity contribution in [3.63, 3.8) is 0 Å². The van der Waals surface area contributed by atoms with E-state index in [1.165, 1.54) is 24.0 Å². The second-order valence-electron chi connectivity index (χ2n) is 4.54. The maximum atomic E-state index is 4.11. The number of nitrogens with one attached hydrogen (secondary N) is 1. The van der Waals surface area contributed by atoms with E-state index in [1.54, 1.807) is 0 Å². The zero-order valence-electron chi connectivity index (χ0n) is 9.69. The molecule has 0 spiro atoms. The highest BCUT2D eigenvalue weighted by atomic mass is 14.7. The van der Waals surface area contributed by atoms with Gasteiger partial charge in [-0.1, -0.05) is 31.7 Å². The zero-order chi connectivity index (χ0) is 11.1. The monoisotopic (exact) mass is 201 g/mol. The molecule has 1 aromatic rings. The van der Waals surface area contributed by atoms with Gasteiger partial charge in [-0.25, -0.2) is 0 Å². The minimum atomic E-state index is 0.291. The first-order valence-corrected chi connectivity index (χ1v) is 5.65. The van der Waals surface area contributed by atoms with E-state index in [4.69, 9.17) is 0 Å². The molecule has 0 bridgehead atoms. The van der Waals surface area contributed by atoms with E-state index in [1.807, 2.05) is 0 Å². The normalized spacial score (nSPS) is 19.2. The molecule has 0 amide bonds. The van der Waals surface area contributed by atoms with Crippen molar-refractivity contribution in [2.75, 3.05) is 0 Å². The molecular formula is C14H19N. The van der Waals surface area contributed by atoms with Crippen LogP contribution >= 0.6 is 0 Å². The van der Waals surface area contributed by atoms with Crippen LogP contribution < -0.4 is 10.6 Å².